The fourth-order valence-electron chi connectivity index (χ4n) is 0.701. The lowest BCUT2D eigenvalue weighted by atomic mass is 10.3. The van der Waals surface area contributed by atoms with E-state index in [0.717, 1.165) is 6.42 Å². The Hall–Kier alpha value is -0.350. The van der Waals surface area contributed by atoms with E-state index in [1.165, 1.54) is 16.1 Å². The molecule has 0 aliphatic rings. The van der Waals surface area contributed by atoms with E-state index in [1.807, 2.05) is 19.9 Å². The van der Waals surface area contributed by atoms with Crippen LogP contribution >= 0.6 is 0 Å². The van der Waals surface area contributed by atoms with Crippen molar-refractivity contribution in [1.82, 2.24) is 4.31 Å². The highest BCUT2D eigenvalue weighted by Gasteiger charge is 2.08. The van der Waals surface area contributed by atoms with Crippen LogP contribution in [0.15, 0.2) is 11.6 Å². The van der Waals surface area contributed by atoms with Gasteiger partial charge < -0.3 is 0 Å². The number of rotatable bonds is 4. The SMILES string of the molecule is CC(C)=CCCN(C)S(C)(=O)=O. The zero-order valence-electron chi connectivity index (χ0n) is 8.16. The smallest absolute Gasteiger partial charge is 0.210 e. The molecule has 0 unspecified atom stereocenters. The van der Waals surface area contributed by atoms with Crippen molar-refractivity contribution < 1.29 is 8.42 Å². The van der Waals surface area contributed by atoms with Crippen molar-refractivity contribution in [3.63, 3.8) is 0 Å². The third-order valence-corrected chi connectivity index (χ3v) is 2.88. The second-order valence-electron chi connectivity index (χ2n) is 3.15. The number of hydrogen-bond donors (Lipinski definition) is 0. The molecule has 0 saturated carbocycles. The van der Waals surface area contributed by atoms with E-state index in [0.29, 0.717) is 6.54 Å². The third kappa shape index (κ3) is 5.32. The van der Waals surface area contributed by atoms with Crippen LogP contribution in [0.3, 0.4) is 0 Å². The molecular formula is C8H17NO2S. The topological polar surface area (TPSA) is 37.4 Å². The maximum absolute atomic E-state index is 10.9. The molecule has 0 N–H and O–H groups in total. The highest BCUT2D eigenvalue weighted by atomic mass is 32.2. The van der Waals surface area contributed by atoms with Crippen LogP contribution in [-0.2, 0) is 10.0 Å². The molecule has 0 rings (SSSR count). The Balaban J connectivity index is 3.89. The van der Waals surface area contributed by atoms with Gasteiger partial charge in [-0.15, -0.1) is 0 Å². The summed E-state index contributed by atoms with van der Waals surface area (Å²) in [7, 11) is -1.41. The van der Waals surface area contributed by atoms with E-state index in [-0.39, 0.29) is 0 Å². The predicted octanol–water partition coefficient (Wildman–Crippen LogP) is 1.23. The van der Waals surface area contributed by atoms with Gasteiger partial charge in [-0.25, -0.2) is 12.7 Å². The van der Waals surface area contributed by atoms with Gasteiger partial charge in [0.1, 0.15) is 0 Å². The molecule has 3 nitrogen and oxygen atoms in total. The van der Waals surface area contributed by atoms with Gasteiger partial charge in [-0.2, -0.15) is 0 Å². The molecule has 0 radical (unpaired) electrons. The summed E-state index contributed by atoms with van der Waals surface area (Å²) in [6, 6.07) is 0. The Kier molecular flexibility index (Phi) is 4.49. The monoisotopic (exact) mass is 191 g/mol. The van der Waals surface area contributed by atoms with Gasteiger partial charge in [-0.1, -0.05) is 11.6 Å². The second-order valence-corrected chi connectivity index (χ2v) is 5.24. The first kappa shape index (κ1) is 11.6. The van der Waals surface area contributed by atoms with Crippen molar-refractivity contribution >= 4 is 10.0 Å². The Morgan fingerprint density at radius 2 is 1.92 bits per heavy atom. The molecule has 4 heteroatoms. The molecule has 0 fully saturated rings. The third-order valence-electron chi connectivity index (χ3n) is 1.56. The molecule has 0 spiro atoms. The Morgan fingerprint density at radius 1 is 1.42 bits per heavy atom. The van der Waals surface area contributed by atoms with Gasteiger partial charge in [0.05, 0.1) is 6.26 Å². The van der Waals surface area contributed by atoms with Crippen LogP contribution in [0.4, 0.5) is 0 Å². The van der Waals surface area contributed by atoms with E-state index in [9.17, 15) is 8.42 Å². The standard InChI is InChI=1S/C8H17NO2S/c1-8(2)6-5-7-9(3)12(4,10)11/h6H,5,7H2,1-4H3. The molecule has 0 bridgehead atoms. The van der Waals surface area contributed by atoms with Crippen LogP contribution in [0.25, 0.3) is 0 Å². The van der Waals surface area contributed by atoms with Crippen LogP contribution < -0.4 is 0 Å². The van der Waals surface area contributed by atoms with E-state index >= 15 is 0 Å². The molecule has 12 heavy (non-hydrogen) atoms. The van der Waals surface area contributed by atoms with Crippen molar-refractivity contribution in [2.24, 2.45) is 0 Å². The number of allylic oxidation sites excluding steroid dienone is 1. The van der Waals surface area contributed by atoms with E-state index in [1.54, 1.807) is 7.05 Å². The van der Waals surface area contributed by atoms with Crippen LogP contribution in [0, 0.1) is 0 Å². The van der Waals surface area contributed by atoms with Gasteiger partial charge in [-0.05, 0) is 20.3 Å². The summed E-state index contributed by atoms with van der Waals surface area (Å²) in [5.74, 6) is 0. The second kappa shape index (κ2) is 4.62. The molecule has 0 heterocycles. The summed E-state index contributed by atoms with van der Waals surface area (Å²) >= 11 is 0. The Bertz CT molecular complexity index is 250. The van der Waals surface area contributed by atoms with Crippen molar-refractivity contribution in [2.45, 2.75) is 20.3 Å². The molecule has 0 atom stereocenters. The van der Waals surface area contributed by atoms with Gasteiger partial charge in [-0.3, -0.25) is 0 Å². The van der Waals surface area contributed by atoms with Crippen molar-refractivity contribution in [3.05, 3.63) is 11.6 Å². The van der Waals surface area contributed by atoms with Gasteiger partial charge in [0.15, 0.2) is 0 Å². The maximum atomic E-state index is 10.9. The van der Waals surface area contributed by atoms with Crippen molar-refractivity contribution in [2.75, 3.05) is 19.8 Å². The quantitative estimate of drug-likeness (QED) is 0.627. The fourth-order valence-corrected chi connectivity index (χ4v) is 1.14. The summed E-state index contributed by atoms with van der Waals surface area (Å²) in [6.07, 6.45) is 4.03. The molecule has 0 aromatic rings. The first-order chi connectivity index (χ1) is 5.34. The lowest BCUT2D eigenvalue weighted by Crippen LogP contribution is -2.26. The van der Waals surface area contributed by atoms with Gasteiger partial charge in [0, 0.05) is 13.6 Å². The first-order valence-corrected chi connectivity index (χ1v) is 5.73. The summed E-state index contributed by atoms with van der Waals surface area (Å²) in [6.45, 7) is 4.56. The lowest BCUT2D eigenvalue weighted by molar-refractivity contribution is 0.480. The molecular weight excluding hydrogens is 174 g/mol. The van der Waals surface area contributed by atoms with Gasteiger partial charge in [0.25, 0.3) is 0 Å². The largest absolute Gasteiger partial charge is 0.213 e. The summed E-state index contributed by atoms with van der Waals surface area (Å²) in [4.78, 5) is 0. The Morgan fingerprint density at radius 3 is 2.25 bits per heavy atom. The molecule has 0 amide bonds. The highest BCUT2D eigenvalue weighted by Crippen LogP contribution is 1.98. The van der Waals surface area contributed by atoms with Crippen LogP contribution in [0.5, 0.6) is 0 Å². The predicted molar refractivity (Wildman–Crippen MR) is 51.5 cm³/mol. The molecule has 0 saturated heterocycles. The maximum Gasteiger partial charge on any atom is 0.210 e. The summed E-state index contributed by atoms with van der Waals surface area (Å²) in [5.41, 5.74) is 1.22. The van der Waals surface area contributed by atoms with Crippen LogP contribution in [0.1, 0.15) is 20.3 Å². The fraction of sp³-hybridized carbons (Fsp3) is 0.750. The van der Waals surface area contributed by atoms with E-state index in [4.69, 9.17) is 0 Å². The van der Waals surface area contributed by atoms with Gasteiger partial charge >= 0.3 is 0 Å². The van der Waals surface area contributed by atoms with E-state index in [2.05, 4.69) is 0 Å². The number of nitrogens with zero attached hydrogens (tertiary/aromatic N) is 1. The van der Waals surface area contributed by atoms with Crippen molar-refractivity contribution in [1.29, 1.82) is 0 Å². The summed E-state index contributed by atoms with van der Waals surface area (Å²) in [5, 5.41) is 0. The molecule has 0 aromatic heterocycles. The molecule has 0 aliphatic heterocycles. The van der Waals surface area contributed by atoms with Crippen molar-refractivity contribution in [3.8, 4) is 0 Å². The highest BCUT2D eigenvalue weighted by molar-refractivity contribution is 7.88. The molecule has 0 aromatic carbocycles. The normalized spacial score (nSPS) is 11.8. The first-order valence-electron chi connectivity index (χ1n) is 3.88. The average Bonchev–Trinajstić information content (AvgIpc) is 1.84. The number of hydrogen-bond acceptors (Lipinski definition) is 2. The minimum absolute atomic E-state index is 0.560. The zero-order valence-corrected chi connectivity index (χ0v) is 8.98. The molecule has 72 valence electrons. The van der Waals surface area contributed by atoms with E-state index < -0.39 is 10.0 Å². The average molecular weight is 191 g/mol. The minimum Gasteiger partial charge on any atom is -0.213 e. The zero-order chi connectivity index (χ0) is 9.78. The van der Waals surface area contributed by atoms with Crippen LogP contribution in [-0.4, -0.2) is 32.6 Å². The Labute approximate surface area is 75.1 Å². The lowest BCUT2D eigenvalue weighted by Gasteiger charge is -2.11. The minimum atomic E-state index is -3.00. The summed E-state index contributed by atoms with van der Waals surface area (Å²) < 4.78 is 23.2. The number of sulfonamides is 1. The van der Waals surface area contributed by atoms with Crippen LogP contribution in [0.2, 0.25) is 0 Å². The molecule has 0 aliphatic carbocycles. The van der Waals surface area contributed by atoms with Gasteiger partial charge in [0.2, 0.25) is 10.0 Å².